The molecule has 0 atom stereocenters. The monoisotopic (exact) mass is 187 g/mol. The number of carbonyl (C=O) groups excluding carboxylic acids is 1. The average molecular weight is 187 g/mol. The fraction of sp³-hybridized carbons (Fsp3) is 0.125. The lowest BCUT2D eigenvalue weighted by molar-refractivity contribution is -0.181. The molecule has 0 unspecified atom stereocenters. The molecule has 0 aliphatic heterocycles. The normalized spacial score (nSPS) is 9.38. The van der Waals surface area contributed by atoms with E-state index >= 15 is 0 Å². The van der Waals surface area contributed by atoms with Gasteiger partial charge in [-0.15, -0.1) is 0 Å². The molecular formula is C8H7F2NO2. The van der Waals surface area contributed by atoms with E-state index in [2.05, 4.69) is 10.3 Å². The molecule has 70 valence electrons. The predicted octanol–water partition coefficient (Wildman–Crippen LogP) is 1.67. The predicted molar refractivity (Wildman–Crippen MR) is 42.1 cm³/mol. The van der Waals surface area contributed by atoms with Crippen molar-refractivity contribution in [1.82, 2.24) is 0 Å². The molecule has 1 rings (SSSR count). The number of hydrogen-bond donors (Lipinski definition) is 1. The Morgan fingerprint density at radius 3 is 2.54 bits per heavy atom. The molecule has 0 heterocycles. The van der Waals surface area contributed by atoms with Crippen molar-refractivity contribution in [2.75, 3.05) is 11.9 Å². The molecule has 13 heavy (non-hydrogen) atoms. The van der Waals surface area contributed by atoms with Crippen LogP contribution in [-0.2, 0) is 9.74 Å². The molecule has 3 nitrogen and oxygen atoms in total. The van der Waals surface area contributed by atoms with Crippen LogP contribution in [0, 0.1) is 5.82 Å². The first-order valence-corrected chi connectivity index (χ1v) is 3.53. The van der Waals surface area contributed by atoms with Crippen LogP contribution in [0.15, 0.2) is 24.3 Å². The first-order valence-electron chi connectivity index (χ1n) is 3.53. The first kappa shape index (κ1) is 9.44. The number of halogens is 2. The summed E-state index contributed by atoms with van der Waals surface area (Å²) in [7, 11) is 0. The van der Waals surface area contributed by atoms with Gasteiger partial charge in [-0.3, -0.25) is 4.94 Å². The molecule has 0 fully saturated rings. The van der Waals surface area contributed by atoms with E-state index < -0.39 is 5.97 Å². The summed E-state index contributed by atoms with van der Waals surface area (Å²) in [4.78, 5) is 13.2. The second-order valence-corrected chi connectivity index (χ2v) is 2.31. The van der Waals surface area contributed by atoms with E-state index in [0.29, 0.717) is 5.69 Å². The Morgan fingerprint density at radius 1 is 1.38 bits per heavy atom. The standard InChI is InChI=1S/C8H7F2NO2/c9-6-1-3-7(4-2-6)11-5-8(12)13-10/h1-4,11H,5H2. The lowest BCUT2D eigenvalue weighted by Crippen LogP contribution is -2.13. The fourth-order valence-corrected chi connectivity index (χ4v) is 0.769. The Hall–Kier alpha value is -1.65. The largest absolute Gasteiger partial charge is 0.375 e. The van der Waals surface area contributed by atoms with Crippen LogP contribution >= 0.6 is 0 Å². The van der Waals surface area contributed by atoms with Crippen molar-refractivity contribution in [3.63, 3.8) is 0 Å². The number of hydrogen-bond acceptors (Lipinski definition) is 3. The van der Waals surface area contributed by atoms with E-state index in [1.54, 1.807) is 0 Å². The van der Waals surface area contributed by atoms with E-state index in [0.717, 1.165) is 0 Å². The number of carbonyl (C=O) groups is 1. The minimum absolute atomic E-state index is 0.290. The average Bonchev–Trinajstić information content (AvgIpc) is 2.16. The summed E-state index contributed by atoms with van der Waals surface area (Å²) in [5.74, 6) is -1.40. The zero-order chi connectivity index (χ0) is 9.68. The molecule has 0 amide bonds. The van der Waals surface area contributed by atoms with E-state index in [4.69, 9.17) is 0 Å². The van der Waals surface area contributed by atoms with Gasteiger partial charge in [-0.1, -0.05) is 0 Å². The smallest absolute Gasteiger partial charge is 0.367 e. The van der Waals surface area contributed by atoms with Crippen molar-refractivity contribution in [2.45, 2.75) is 0 Å². The fourth-order valence-electron chi connectivity index (χ4n) is 0.769. The summed E-state index contributed by atoms with van der Waals surface area (Å²) < 4.78 is 23.6. The van der Waals surface area contributed by atoms with Crippen LogP contribution in [-0.4, -0.2) is 12.5 Å². The first-order chi connectivity index (χ1) is 6.22. The lowest BCUT2D eigenvalue weighted by Gasteiger charge is -2.01. The highest BCUT2D eigenvalue weighted by atomic mass is 19.3. The summed E-state index contributed by atoms with van der Waals surface area (Å²) in [6, 6.07) is 5.31. The van der Waals surface area contributed by atoms with Crippen molar-refractivity contribution >= 4 is 11.7 Å². The minimum Gasteiger partial charge on any atom is -0.375 e. The van der Waals surface area contributed by atoms with Crippen molar-refractivity contribution in [1.29, 1.82) is 0 Å². The van der Waals surface area contributed by atoms with Crippen molar-refractivity contribution in [3.05, 3.63) is 30.1 Å². The van der Waals surface area contributed by atoms with Crippen molar-refractivity contribution < 1.29 is 18.7 Å². The van der Waals surface area contributed by atoms with E-state index in [1.165, 1.54) is 24.3 Å². The third kappa shape index (κ3) is 3.06. The van der Waals surface area contributed by atoms with E-state index in [1.807, 2.05) is 0 Å². The summed E-state index contributed by atoms with van der Waals surface area (Å²) in [6.07, 6.45) is 0. The van der Waals surface area contributed by atoms with E-state index in [9.17, 15) is 13.7 Å². The number of nitrogens with one attached hydrogen (secondary N) is 1. The topological polar surface area (TPSA) is 38.3 Å². The lowest BCUT2D eigenvalue weighted by atomic mass is 10.3. The van der Waals surface area contributed by atoms with Crippen LogP contribution in [0.4, 0.5) is 14.6 Å². The number of rotatable bonds is 3. The molecule has 1 N–H and O–H groups in total. The van der Waals surface area contributed by atoms with Gasteiger partial charge in [-0.25, -0.2) is 9.18 Å². The van der Waals surface area contributed by atoms with Gasteiger partial charge < -0.3 is 5.32 Å². The Labute approximate surface area is 73.2 Å². The van der Waals surface area contributed by atoms with Crippen LogP contribution in [0.25, 0.3) is 0 Å². The third-order valence-corrected chi connectivity index (χ3v) is 1.37. The van der Waals surface area contributed by atoms with Gasteiger partial charge in [-0.05, 0) is 24.3 Å². The molecule has 0 saturated carbocycles. The summed E-state index contributed by atoms with van der Waals surface area (Å²) in [5, 5.41) is 2.54. The summed E-state index contributed by atoms with van der Waals surface area (Å²) in [6.45, 7) is -0.290. The van der Waals surface area contributed by atoms with Crippen molar-refractivity contribution in [3.8, 4) is 0 Å². The van der Waals surface area contributed by atoms with E-state index in [-0.39, 0.29) is 12.4 Å². The Bertz CT molecular complexity index is 287. The molecule has 0 spiro atoms. The summed E-state index contributed by atoms with van der Waals surface area (Å²) >= 11 is 0. The van der Waals surface area contributed by atoms with Gasteiger partial charge in [0.1, 0.15) is 12.4 Å². The Morgan fingerprint density at radius 2 is 2.00 bits per heavy atom. The maximum Gasteiger partial charge on any atom is 0.367 e. The second-order valence-electron chi connectivity index (χ2n) is 2.31. The SMILES string of the molecule is O=C(CNc1ccc(F)cc1)OF. The van der Waals surface area contributed by atoms with Gasteiger partial charge >= 0.3 is 5.97 Å². The zero-order valence-corrected chi connectivity index (χ0v) is 6.59. The summed E-state index contributed by atoms with van der Waals surface area (Å²) in [5.41, 5.74) is 0.520. The number of benzene rings is 1. The molecule has 0 saturated heterocycles. The second kappa shape index (κ2) is 4.39. The zero-order valence-electron chi connectivity index (χ0n) is 6.59. The molecule has 0 aliphatic rings. The maximum absolute atomic E-state index is 12.4. The number of anilines is 1. The van der Waals surface area contributed by atoms with Crippen molar-refractivity contribution in [2.24, 2.45) is 0 Å². The highest BCUT2D eigenvalue weighted by molar-refractivity contribution is 5.74. The molecule has 5 heteroatoms. The Balaban J connectivity index is 2.46. The third-order valence-electron chi connectivity index (χ3n) is 1.37. The van der Waals surface area contributed by atoms with Crippen LogP contribution in [0.5, 0.6) is 0 Å². The van der Waals surface area contributed by atoms with Gasteiger partial charge in [0.05, 0.1) is 0 Å². The molecule has 1 aromatic carbocycles. The van der Waals surface area contributed by atoms with Gasteiger partial charge in [0.25, 0.3) is 0 Å². The Kier molecular flexibility index (Phi) is 3.19. The quantitative estimate of drug-likeness (QED) is 0.782. The van der Waals surface area contributed by atoms with Crippen LogP contribution in [0.2, 0.25) is 0 Å². The molecule has 0 aliphatic carbocycles. The highest BCUT2D eigenvalue weighted by Gasteiger charge is 2.01. The molecule has 0 aromatic heterocycles. The molecule has 0 bridgehead atoms. The van der Waals surface area contributed by atoms with Crippen LogP contribution in [0.1, 0.15) is 0 Å². The molecular weight excluding hydrogens is 180 g/mol. The minimum atomic E-state index is -1.02. The molecule has 1 aromatic rings. The van der Waals surface area contributed by atoms with Crippen LogP contribution < -0.4 is 5.32 Å². The maximum atomic E-state index is 12.4. The van der Waals surface area contributed by atoms with Gasteiger partial charge in [0.2, 0.25) is 0 Å². The van der Waals surface area contributed by atoms with Gasteiger partial charge in [-0.2, -0.15) is 0 Å². The van der Waals surface area contributed by atoms with Crippen LogP contribution in [0.3, 0.4) is 0 Å². The van der Waals surface area contributed by atoms with Gasteiger partial charge in [0.15, 0.2) is 0 Å². The highest BCUT2D eigenvalue weighted by Crippen LogP contribution is 2.07. The van der Waals surface area contributed by atoms with Gasteiger partial charge in [0, 0.05) is 10.2 Å². The molecule has 0 radical (unpaired) electrons.